The van der Waals surface area contributed by atoms with E-state index in [1.165, 1.54) is 12.1 Å². The van der Waals surface area contributed by atoms with Crippen LogP contribution in [0.5, 0.6) is 0 Å². The first-order valence-corrected chi connectivity index (χ1v) is 5.61. The van der Waals surface area contributed by atoms with E-state index in [0.717, 1.165) is 24.1 Å². The van der Waals surface area contributed by atoms with Gasteiger partial charge in [-0.25, -0.2) is 14.4 Å². The van der Waals surface area contributed by atoms with E-state index in [-0.39, 0.29) is 11.9 Å². The van der Waals surface area contributed by atoms with Gasteiger partial charge in [0.25, 0.3) is 0 Å². The van der Waals surface area contributed by atoms with Crippen molar-refractivity contribution in [2.45, 2.75) is 18.9 Å². The van der Waals surface area contributed by atoms with Crippen molar-refractivity contribution in [1.29, 1.82) is 0 Å². The molecule has 3 nitrogen and oxygen atoms in total. The molecule has 1 aromatic carbocycles. The Balaban J connectivity index is 2.06. The number of halogens is 1. The molecule has 2 N–H and O–H groups in total. The molecule has 0 fully saturated rings. The molecule has 0 aliphatic heterocycles. The summed E-state index contributed by atoms with van der Waals surface area (Å²) in [5.41, 5.74) is 8.63. The minimum absolute atomic E-state index is 0.0477. The monoisotopic (exact) mass is 229 g/mol. The highest BCUT2D eigenvalue weighted by atomic mass is 19.1. The normalized spacial score (nSPS) is 18.1. The van der Waals surface area contributed by atoms with Gasteiger partial charge in [-0.15, -0.1) is 0 Å². The summed E-state index contributed by atoms with van der Waals surface area (Å²) in [6.45, 7) is 0. The zero-order valence-electron chi connectivity index (χ0n) is 9.23. The van der Waals surface area contributed by atoms with Crippen molar-refractivity contribution in [3.63, 3.8) is 0 Å². The van der Waals surface area contributed by atoms with Crippen molar-refractivity contribution in [1.82, 2.24) is 9.97 Å². The lowest BCUT2D eigenvalue weighted by Gasteiger charge is -2.05. The molecule has 1 aliphatic carbocycles. The van der Waals surface area contributed by atoms with Crippen LogP contribution in [0.4, 0.5) is 4.39 Å². The summed E-state index contributed by atoms with van der Waals surface area (Å²) in [5, 5.41) is 0. The molecule has 0 saturated carbocycles. The Kier molecular flexibility index (Phi) is 2.37. The van der Waals surface area contributed by atoms with Gasteiger partial charge < -0.3 is 5.73 Å². The largest absolute Gasteiger partial charge is 0.324 e. The van der Waals surface area contributed by atoms with E-state index >= 15 is 0 Å². The number of aryl methyl sites for hydroxylation is 1. The topological polar surface area (TPSA) is 51.8 Å². The molecule has 0 saturated heterocycles. The Morgan fingerprint density at radius 3 is 3.06 bits per heavy atom. The standard InChI is InChI=1S/C13H12FN3/c14-9-3-1-2-8(6-9)13-16-7-10-11(15)4-5-12(10)17-13/h1-3,6-7,11H,4-5,15H2. The molecule has 0 bridgehead atoms. The Hall–Kier alpha value is -1.81. The molecule has 1 atom stereocenters. The SMILES string of the molecule is NC1CCc2nc(-c3cccc(F)c3)ncc21. The molecule has 0 spiro atoms. The number of hydrogen-bond donors (Lipinski definition) is 1. The Morgan fingerprint density at radius 1 is 1.35 bits per heavy atom. The summed E-state index contributed by atoms with van der Waals surface area (Å²) < 4.78 is 13.1. The molecule has 2 aromatic rings. The van der Waals surface area contributed by atoms with Crippen molar-refractivity contribution in [3.05, 3.63) is 47.5 Å². The lowest BCUT2D eigenvalue weighted by Crippen LogP contribution is -2.06. The fourth-order valence-electron chi connectivity index (χ4n) is 2.15. The Morgan fingerprint density at radius 2 is 2.24 bits per heavy atom. The van der Waals surface area contributed by atoms with Crippen molar-refractivity contribution in [3.8, 4) is 11.4 Å². The van der Waals surface area contributed by atoms with Gasteiger partial charge in [0.15, 0.2) is 5.82 Å². The number of nitrogens with zero attached hydrogens (tertiary/aromatic N) is 2. The van der Waals surface area contributed by atoms with Crippen LogP contribution in [0.15, 0.2) is 30.5 Å². The second-order valence-electron chi connectivity index (χ2n) is 4.25. The number of aromatic nitrogens is 2. The number of benzene rings is 1. The lowest BCUT2D eigenvalue weighted by atomic mass is 10.2. The van der Waals surface area contributed by atoms with E-state index in [1.807, 2.05) is 0 Å². The maximum absolute atomic E-state index is 13.1. The molecular formula is C13H12FN3. The summed E-state index contributed by atoms with van der Waals surface area (Å²) >= 11 is 0. The zero-order chi connectivity index (χ0) is 11.8. The molecule has 1 aromatic heterocycles. The predicted octanol–water partition coefficient (Wildman–Crippen LogP) is 2.23. The molecule has 86 valence electrons. The van der Waals surface area contributed by atoms with Crippen LogP contribution in [0.2, 0.25) is 0 Å². The van der Waals surface area contributed by atoms with Gasteiger partial charge in [-0.05, 0) is 25.0 Å². The van der Waals surface area contributed by atoms with Gasteiger partial charge in [-0.3, -0.25) is 0 Å². The van der Waals surface area contributed by atoms with Crippen LogP contribution in [0, 0.1) is 5.82 Å². The second kappa shape index (κ2) is 3.89. The fourth-order valence-corrected chi connectivity index (χ4v) is 2.15. The lowest BCUT2D eigenvalue weighted by molar-refractivity contribution is 0.628. The Labute approximate surface area is 98.5 Å². The van der Waals surface area contributed by atoms with Gasteiger partial charge in [-0.1, -0.05) is 12.1 Å². The molecule has 0 radical (unpaired) electrons. The molecule has 1 heterocycles. The molecule has 3 rings (SSSR count). The molecule has 0 amide bonds. The van der Waals surface area contributed by atoms with Crippen LogP contribution in [0.25, 0.3) is 11.4 Å². The van der Waals surface area contributed by atoms with E-state index in [1.54, 1.807) is 18.3 Å². The average Bonchev–Trinajstić information content (AvgIpc) is 2.71. The third-order valence-corrected chi connectivity index (χ3v) is 3.07. The molecule has 1 unspecified atom stereocenters. The van der Waals surface area contributed by atoms with E-state index in [0.29, 0.717) is 11.4 Å². The number of rotatable bonds is 1. The minimum atomic E-state index is -0.275. The van der Waals surface area contributed by atoms with Crippen LogP contribution < -0.4 is 5.73 Å². The van der Waals surface area contributed by atoms with Crippen molar-refractivity contribution >= 4 is 0 Å². The van der Waals surface area contributed by atoms with Gasteiger partial charge in [0, 0.05) is 29.1 Å². The zero-order valence-corrected chi connectivity index (χ0v) is 9.23. The molecule has 17 heavy (non-hydrogen) atoms. The fraction of sp³-hybridized carbons (Fsp3) is 0.231. The molecule has 4 heteroatoms. The first kappa shape index (κ1) is 10.4. The van der Waals surface area contributed by atoms with Crippen molar-refractivity contribution in [2.24, 2.45) is 5.73 Å². The van der Waals surface area contributed by atoms with Gasteiger partial charge in [0.1, 0.15) is 5.82 Å². The van der Waals surface area contributed by atoms with Crippen molar-refractivity contribution < 1.29 is 4.39 Å². The summed E-state index contributed by atoms with van der Waals surface area (Å²) in [7, 11) is 0. The first-order valence-electron chi connectivity index (χ1n) is 5.61. The number of fused-ring (bicyclic) bond motifs is 1. The van der Waals surface area contributed by atoms with E-state index in [4.69, 9.17) is 5.73 Å². The predicted molar refractivity (Wildman–Crippen MR) is 62.7 cm³/mol. The first-order chi connectivity index (χ1) is 8.24. The van der Waals surface area contributed by atoms with E-state index in [9.17, 15) is 4.39 Å². The number of nitrogens with two attached hydrogens (primary N) is 1. The van der Waals surface area contributed by atoms with E-state index < -0.39 is 0 Å². The molecular weight excluding hydrogens is 217 g/mol. The highest BCUT2D eigenvalue weighted by Gasteiger charge is 2.21. The summed E-state index contributed by atoms with van der Waals surface area (Å²) in [6.07, 6.45) is 3.55. The summed E-state index contributed by atoms with van der Waals surface area (Å²) in [5.74, 6) is 0.292. The second-order valence-corrected chi connectivity index (χ2v) is 4.25. The molecule has 1 aliphatic rings. The third kappa shape index (κ3) is 1.80. The summed E-state index contributed by atoms with van der Waals surface area (Å²) in [6, 6.07) is 6.36. The maximum atomic E-state index is 13.1. The van der Waals surface area contributed by atoms with Crippen molar-refractivity contribution in [2.75, 3.05) is 0 Å². The quantitative estimate of drug-likeness (QED) is 0.815. The third-order valence-electron chi connectivity index (χ3n) is 3.07. The van der Waals surface area contributed by atoms with Crippen LogP contribution in [0.1, 0.15) is 23.7 Å². The maximum Gasteiger partial charge on any atom is 0.159 e. The minimum Gasteiger partial charge on any atom is -0.324 e. The highest BCUT2D eigenvalue weighted by molar-refractivity contribution is 5.55. The van der Waals surface area contributed by atoms with Crippen LogP contribution in [0.3, 0.4) is 0 Å². The van der Waals surface area contributed by atoms with Gasteiger partial charge in [0.2, 0.25) is 0 Å². The summed E-state index contributed by atoms with van der Waals surface area (Å²) in [4.78, 5) is 8.71. The number of hydrogen-bond acceptors (Lipinski definition) is 3. The van der Waals surface area contributed by atoms with Gasteiger partial charge in [-0.2, -0.15) is 0 Å². The van der Waals surface area contributed by atoms with Crippen LogP contribution in [-0.2, 0) is 6.42 Å². The highest BCUT2D eigenvalue weighted by Crippen LogP contribution is 2.28. The van der Waals surface area contributed by atoms with Gasteiger partial charge >= 0.3 is 0 Å². The Bertz CT molecular complexity index is 568. The van der Waals surface area contributed by atoms with Crippen LogP contribution in [-0.4, -0.2) is 9.97 Å². The smallest absolute Gasteiger partial charge is 0.159 e. The average molecular weight is 229 g/mol. The van der Waals surface area contributed by atoms with E-state index in [2.05, 4.69) is 9.97 Å². The van der Waals surface area contributed by atoms with Gasteiger partial charge in [0.05, 0.1) is 0 Å². The van der Waals surface area contributed by atoms with Crippen LogP contribution >= 0.6 is 0 Å².